The fraction of sp³-hybridized carbons (Fsp3) is 0.500. The summed E-state index contributed by atoms with van der Waals surface area (Å²) in [5.41, 5.74) is 0. The van der Waals surface area contributed by atoms with Crippen molar-refractivity contribution in [2.75, 3.05) is 5.32 Å². The molecule has 3 N–H and O–H groups in total. The van der Waals surface area contributed by atoms with Gasteiger partial charge in [0, 0.05) is 0 Å². The van der Waals surface area contributed by atoms with Crippen molar-refractivity contribution in [3.63, 3.8) is 0 Å². The molecule has 1 atom stereocenters. The number of rotatable bonds is 6. The Morgan fingerprint density at radius 2 is 2.05 bits per heavy atom. The van der Waals surface area contributed by atoms with E-state index >= 15 is 0 Å². The molecule has 1 rings (SSSR count). The highest BCUT2D eigenvalue weighted by Gasteiger charge is 2.33. The van der Waals surface area contributed by atoms with Crippen molar-refractivity contribution < 1.29 is 27.7 Å². The Morgan fingerprint density at radius 3 is 2.47 bits per heavy atom. The van der Waals surface area contributed by atoms with Crippen molar-refractivity contribution in [1.82, 2.24) is 10.2 Å². The molecule has 0 aliphatic rings. The smallest absolute Gasteiger partial charge is 0.324 e. The number of carbonyl (C=O) groups is 2. The largest absolute Gasteiger partial charge is 0.480 e. The molecule has 0 radical (unpaired) electrons. The zero-order chi connectivity index (χ0) is 14.6. The molecule has 0 saturated carbocycles. The zero-order valence-corrected chi connectivity index (χ0v) is 11.4. The molecule has 19 heavy (non-hydrogen) atoms. The Balaban J connectivity index is 2.71. The van der Waals surface area contributed by atoms with E-state index in [1.54, 1.807) is 0 Å². The number of carbonyl (C=O) groups excluding carboxylic acids is 1. The molecule has 9 nitrogen and oxygen atoms in total. The van der Waals surface area contributed by atoms with Gasteiger partial charge in [-0.2, -0.15) is 8.42 Å². The Labute approximate surface area is 112 Å². The fourth-order valence-corrected chi connectivity index (χ4v) is 2.42. The number of amides is 1. The first kappa shape index (κ1) is 15.5. The number of hydrogen-bond acceptors (Lipinski definition) is 7. The van der Waals surface area contributed by atoms with Gasteiger partial charge in [-0.3, -0.25) is 14.1 Å². The quantitative estimate of drug-likeness (QED) is 0.610. The van der Waals surface area contributed by atoms with E-state index in [0.29, 0.717) is 11.4 Å². The van der Waals surface area contributed by atoms with Gasteiger partial charge in [-0.1, -0.05) is 18.3 Å². The van der Waals surface area contributed by atoms with Gasteiger partial charge in [0.05, 0.1) is 6.42 Å². The Hall–Kier alpha value is -1.59. The van der Waals surface area contributed by atoms with Gasteiger partial charge in [0.15, 0.2) is 5.25 Å². The predicted octanol–water partition coefficient (Wildman–Crippen LogP) is -0.230. The third kappa shape index (κ3) is 4.54. The summed E-state index contributed by atoms with van der Waals surface area (Å²) >= 11 is 1.09. The van der Waals surface area contributed by atoms with Crippen molar-refractivity contribution in [1.29, 1.82) is 0 Å². The van der Waals surface area contributed by atoms with Crippen LogP contribution >= 0.6 is 11.3 Å². The number of carboxylic acids is 1. The molecule has 1 amide bonds. The van der Waals surface area contributed by atoms with Gasteiger partial charge in [0.25, 0.3) is 10.1 Å². The lowest BCUT2D eigenvalue weighted by Gasteiger charge is -2.07. The van der Waals surface area contributed by atoms with Crippen LogP contribution < -0.4 is 5.32 Å². The predicted molar refractivity (Wildman–Crippen MR) is 65.5 cm³/mol. The number of aromatic nitrogens is 2. The minimum Gasteiger partial charge on any atom is -0.480 e. The second-order valence-corrected chi connectivity index (χ2v) is 6.11. The summed E-state index contributed by atoms with van der Waals surface area (Å²) in [6, 6.07) is 0. The van der Waals surface area contributed by atoms with Gasteiger partial charge < -0.3 is 10.4 Å². The average Bonchev–Trinajstić information content (AvgIpc) is 2.71. The first-order valence-electron chi connectivity index (χ1n) is 5.05. The first-order valence-corrected chi connectivity index (χ1v) is 7.37. The molecule has 1 aromatic heterocycles. The molecule has 11 heteroatoms. The lowest BCUT2D eigenvalue weighted by atomic mass is 10.3. The summed E-state index contributed by atoms with van der Waals surface area (Å²) in [6.07, 6.45) is -0.286. The summed E-state index contributed by atoms with van der Waals surface area (Å²) in [6.45, 7) is 1.84. The summed E-state index contributed by atoms with van der Waals surface area (Å²) < 4.78 is 30.3. The minimum atomic E-state index is -4.84. The van der Waals surface area contributed by atoms with Crippen LogP contribution in [0.1, 0.15) is 18.4 Å². The molecular weight excluding hydrogens is 298 g/mol. The number of carboxylic acid groups (broad SMARTS) is 1. The monoisotopic (exact) mass is 309 g/mol. The highest BCUT2D eigenvalue weighted by Crippen LogP contribution is 2.16. The molecule has 106 valence electrons. The van der Waals surface area contributed by atoms with Crippen LogP contribution in [0.5, 0.6) is 0 Å². The number of aryl methyl sites for hydroxylation is 1. The standard InChI is InChI=1S/C8H11N3O6S2/c1-2-6-10-11-8(18-6)9-5(12)3-4(7(13)14)19(15,16)17/h4H,2-3H2,1H3,(H,13,14)(H,9,11,12)(H,15,16,17). The van der Waals surface area contributed by atoms with E-state index in [1.165, 1.54) is 0 Å². The first-order chi connectivity index (χ1) is 8.74. The maximum Gasteiger partial charge on any atom is 0.324 e. The van der Waals surface area contributed by atoms with Crippen LogP contribution in [0, 0.1) is 0 Å². The molecule has 0 spiro atoms. The average molecular weight is 309 g/mol. The molecule has 1 unspecified atom stereocenters. The van der Waals surface area contributed by atoms with Crippen LogP contribution in [0.3, 0.4) is 0 Å². The van der Waals surface area contributed by atoms with E-state index in [0.717, 1.165) is 11.3 Å². The molecule has 0 bridgehead atoms. The highest BCUT2D eigenvalue weighted by molar-refractivity contribution is 7.87. The molecule has 0 fully saturated rings. The maximum absolute atomic E-state index is 11.5. The maximum atomic E-state index is 11.5. The number of aliphatic carboxylic acids is 1. The second kappa shape index (κ2) is 6.04. The fourth-order valence-electron chi connectivity index (χ4n) is 1.11. The van der Waals surface area contributed by atoms with Gasteiger partial charge in [-0.15, -0.1) is 10.2 Å². The second-order valence-electron chi connectivity index (χ2n) is 3.45. The number of nitrogens with one attached hydrogen (secondary N) is 1. The van der Waals surface area contributed by atoms with E-state index < -0.39 is 33.7 Å². The van der Waals surface area contributed by atoms with Gasteiger partial charge in [0.1, 0.15) is 5.01 Å². The Morgan fingerprint density at radius 1 is 1.42 bits per heavy atom. The van der Waals surface area contributed by atoms with Crippen LogP contribution in [0.25, 0.3) is 0 Å². The van der Waals surface area contributed by atoms with Gasteiger partial charge >= 0.3 is 5.97 Å². The van der Waals surface area contributed by atoms with Gasteiger partial charge in [-0.25, -0.2) is 0 Å². The summed E-state index contributed by atoms with van der Waals surface area (Å²) in [5, 5.41) is 16.8. The van der Waals surface area contributed by atoms with Crippen LogP contribution in [0.4, 0.5) is 5.13 Å². The van der Waals surface area contributed by atoms with Crippen molar-refractivity contribution in [2.45, 2.75) is 25.0 Å². The van der Waals surface area contributed by atoms with Crippen molar-refractivity contribution in [3.05, 3.63) is 5.01 Å². The summed E-state index contributed by atoms with van der Waals surface area (Å²) in [4.78, 5) is 22.1. The molecule has 0 aromatic carbocycles. The van der Waals surface area contributed by atoms with Gasteiger partial charge in [-0.05, 0) is 6.42 Å². The van der Waals surface area contributed by atoms with E-state index in [-0.39, 0.29) is 5.13 Å². The van der Waals surface area contributed by atoms with Crippen molar-refractivity contribution >= 4 is 38.5 Å². The molecule has 1 heterocycles. The summed E-state index contributed by atoms with van der Waals surface area (Å²) in [7, 11) is -4.84. The minimum absolute atomic E-state index is 0.140. The molecular formula is C8H11N3O6S2. The lowest BCUT2D eigenvalue weighted by Crippen LogP contribution is -2.33. The number of anilines is 1. The lowest BCUT2D eigenvalue weighted by molar-refractivity contribution is -0.138. The molecule has 0 saturated heterocycles. The molecule has 0 aliphatic heterocycles. The van der Waals surface area contributed by atoms with E-state index in [9.17, 15) is 18.0 Å². The highest BCUT2D eigenvalue weighted by atomic mass is 32.2. The molecule has 0 aliphatic carbocycles. The van der Waals surface area contributed by atoms with Crippen molar-refractivity contribution in [3.8, 4) is 0 Å². The Bertz CT molecular complexity index is 581. The third-order valence-corrected chi connectivity index (χ3v) is 4.09. The van der Waals surface area contributed by atoms with Crippen LogP contribution in [-0.4, -0.2) is 45.4 Å². The van der Waals surface area contributed by atoms with Crippen molar-refractivity contribution in [2.24, 2.45) is 0 Å². The normalized spacial score (nSPS) is 12.9. The topological polar surface area (TPSA) is 147 Å². The third-order valence-electron chi connectivity index (χ3n) is 2.02. The number of hydrogen-bond donors (Lipinski definition) is 3. The van der Waals surface area contributed by atoms with E-state index in [4.69, 9.17) is 9.66 Å². The van der Waals surface area contributed by atoms with Crippen LogP contribution in [0.2, 0.25) is 0 Å². The SMILES string of the molecule is CCc1nnc(NC(=O)CC(C(=O)O)S(=O)(=O)O)s1. The van der Waals surface area contributed by atoms with Crippen LogP contribution in [0.15, 0.2) is 0 Å². The Kier molecular flexibility index (Phi) is 4.91. The van der Waals surface area contributed by atoms with E-state index in [2.05, 4.69) is 15.5 Å². The van der Waals surface area contributed by atoms with Gasteiger partial charge in [0.2, 0.25) is 11.0 Å². The van der Waals surface area contributed by atoms with Crippen LogP contribution in [-0.2, 0) is 26.1 Å². The van der Waals surface area contributed by atoms with E-state index in [1.807, 2.05) is 6.92 Å². The molecule has 1 aromatic rings. The number of nitrogens with zero attached hydrogens (tertiary/aromatic N) is 2. The summed E-state index contributed by atoms with van der Waals surface area (Å²) in [5.74, 6) is -2.69. The zero-order valence-electron chi connectivity index (χ0n) is 9.73.